The molecule has 0 spiro atoms. The molecule has 0 aliphatic carbocycles. The number of benzene rings is 1. The van der Waals surface area contributed by atoms with E-state index < -0.39 is 0 Å². The summed E-state index contributed by atoms with van der Waals surface area (Å²) in [4.78, 5) is 13.9. The predicted molar refractivity (Wildman–Crippen MR) is 82.6 cm³/mol. The minimum atomic E-state index is 0. The van der Waals surface area contributed by atoms with E-state index in [0.717, 1.165) is 25.3 Å². The second kappa shape index (κ2) is 8.12. The van der Waals surface area contributed by atoms with E-state index in [-0.39, 0.29) is 18.3 Å². The van der Waals surface area contributed by atoms with Crippen LogP contribution in [0, 0.1) is 6.92 Å². The Morgan fingerprint density at radius 2 is 2.30 bits per heavy atom. The summed E-state index contributed by atoms with van der Waals surface area (Å²) >= 11 is 0. The quantitative estimate of drug-likeness (QED) is 0.904. The van der Waals surface area contributed by atoms with Crippen molar-refractivity contribution in [3.05, 3.63) is 29.8 Å². The van der Waals surface area contributed by atoms with Crippen molar-refractivity contribution in [3.8, 4) is 5.75 Å². The van der Waals surface area contributed by atoms with Crippen molar-refractivity contribution in [1.29, 1.82) is 0 Å². The Balaban J connectivity index is 0.00000200. The topological polar surface area (TPSA) is 41.6 Å². The molecule has 20 heavy (non-hydrogen) atoms. The number of ether oxygens (including phenoxy) is 1. The highest BCUT2D eigenvalue weighted by Gasteiger charge is 2.24. The molecule has 0 radical (unpaired) electrons. The number of hydrogen-bond donors (Lipinski definition) is 1. The van der Waals surface area contributed by atoms with Crippen LogP contribution in [0.4, 0.5) is 0 Å². The van der Waals surface area contributed by atoms with Crippen molar-refractivity contribution in [3.63, 3.8) is 0 Å². The molecule has 1 aromatic rings. The van der Waals surface area contributed by atoms with Gasteiger partial charge in [-0.1, -0.05) is 12.1 Å². The fourth-order valence-electron chi connectivity index (χ4n) is 2.34. The molecule has 1 atom stereocenters. The number of carbonyl (C=O) groups excluding carboxylic acids is 1. The van der Waals surface area contributed by atoms with E-state index >= 15 is 0 Å². The number of rotatable bonds is 5. The van der Waals surface area contributed by atoms with Crippen LogP contribution in [-0.4, -0.2) is 43.6 Å². The van der Waals surface area contributed by atoms with E-state index in [2.05, 4.69) is 5.32 Å². The van der Waals surface area contributed by atoms with Gasteiger partial charge in [0.05, 0.1) is 13.0 Å². The first kappa shape index (κ1) is 16.8. The molecule has 1 saturated heterocycles. The van der Waals surface area contributed by atoms with Crippen molar-refractivity contribution in [2.75, 3.05) is 26.7 Å². The lowest BCUT2D eigenvalue weighted by Gasteiger charge is -2.16. The van der Waals surface area contributed by atoms with E-state index in [1.807, 2.05) is 43.1 Å². The average molecular weight is 299 g/mol. The number of halogens is 1. The van der Waals surface area contributed by atoms with Gasteiger partial charge in [-0.15, -0.1) is 12.4 Å². The van der Waals surface area contributed by atoms with Crippen LogP contribution < -0.4 is 10.1 Å². The molecule has 1 unspecified atom stereocenters. The molecular formula is C15H23ClN2O2. The third-order valence-corrected chi connectivity index (χ3v) is 3.52. The highest BCUT2D eigenvalue weighted by atomic mass is 35.5. The first-order valence-electron chi connectivity index (χ1n) is 6.83. The van der Waals surface area contributed by atoms with Gasteiger partial charge in [-0.25, -0.2) is 0 Å². The van der Waals surface area contributed by atoms with Crippen molar-refractivity contribution in [2.45, 2.75) is 25.8 Å². The largest absolute Gasteiger partial charge is 0.493 e. The first-order chi connectivity index (χ1) is 9.19. The van der Waals surface area contributed by atoms with E-state index in [1.54, 1.807) is 0 Å². The number of aryl methyl sites for hydroxylation is 1. The zero-order valence-electron chi connectivity index (χ0n) is 12.1. The fourth-order valence-corrected chi connectivity index (χ4v) is 2.34. The Bertz CT molecular complexity index is 440. The molecule has 0 aromatic heterocycles. The molecule has 2 rings (SSSR count). The summed E-state index contributed by atoms with van der Waals surface area (Å²) in [6.07, 6.45) is 1.49. The van der Waals surface area contributed by atoms with Gasteiger partial charge >= 0.3 is 0 Å². The number of likely N-dealkylation sites (tertiary alicyclic amines) is 1. The molecule has 1 amide bonds. The third kappa shape index (κ3) is 4.69. The zero-order valence-corrected chi connectivity index (χ0v) is 12.9. The third-order valence-electron chi connectivity index (χ3n) is 3.52. The molecule has 1 fully saturated rings. The lowest BCUT2D eigenvalue weighted by Crippen LogP contribution is -2.34. The van der Waals surface area contributed by atoms with E-state index in [0.29, 0.717) is 19.1 Å². The number of likely N-dealkylation sites (N-methyl/N-ethyl adjacent to an activating group) is 1. The van der Waals surface area contributed by atoms with Gasteiger partial charge in [-0.2, -0.15) is 0 Å². The summed E-state index contributed by atoms with van der Waals surface area (Å²) in [5, 5.41) is 3.21. The molecule has 112 valence electrons. The van der Waals surface area contributed by atoms with Gasteiger partial charge in [-0.3, -0.25) is 4.79 Å². The van der Waals surface area contributed by atoms with Gasteiger partial charge < -0.3 is 15.0 Å². The lowest BCUT2D eigenvalue weighted by molar-refractivity contribution is -0.130. The maximum absolute atomic E-state index is 12.0. The van der Waals surface area contributed by atoms with Gasteiger partial charge in [0.15, 0.2) is 0 Å². The molecule has 0 saturated carbocycles. The summed E-state index contributed by atoms with van der Waals surface area (Å²) < 4.78 is 5.61. The van der Waals surface area contributed by atoms with Crippen molar-refractivity contribution >= 4 is 18.3 Å². The number of nitrogens with one attached hydrogen (secondary N) is 1. The second-order valence-electron chi connectivity index (χ2n) is 5.03. The number of amides is 1. The summed E-state index contributed by atoms with van der Waals surface area (Å²) in [6.45, 7) is 4.15. The molecule has 1 aromatic carbocycles. The minimum Gasteiger partial charge on any atom is -0.493 e. The van der Waals surface area contributed by atoms with Gasteiger partial charge in [0, 0.05) is 19.1 Å². The molecule has 4 nitrogen and oxygen atoms in total. The molecule has 0 bridgehead atoms. The van der Waals surface area contributed by atoms with Crippen LogP contribution in [-0.2, 0) is 4.79 Å². The van der Waals surface area contributed by atoms with Crippen molar-refractivity contribution in [1.82, 2.24) is 10.2 Å². The standard InChI is InChI=1S/C15H22N2O2.ClH/c1-12-4-3-5-14(10-12)19-9-7-15(18)17-8-6-13(11-17)16-2;/h3-5,10,13,16H,6-9,11H2,1-2H3;1H. The van der Waals surface area contributed by atoms with Gasteiger partial charge in [-0.05, 0) is 38.1 Å². The Labute approximate surface area is 126 Å². The van der Waals surface area contributed by atoms with Crippen LogP contribution in [0.1, 0.15) is 18.4 Å². The molecular weight excluding hydrogens is 276 g/mol. The Morgan fingerprint density at radius 3 is 2.95 bits per heavy atom. The van der Waals surface area contributed by atoms with Crippen LogP contribution in [0.5, 0.6) is 5.75 Å². The Hall–Kier alpha value is -1.26. The monoisotopic (exact) mass is 298 g/mol. The lowest BCUT2D eigenvalue weighted by atomic mass is 10.2. The number of carbonyl (C=O) groups is 1. The summed E-state index contributed by atoms with van der Waals surface area (Å²) in [5.74, 6) is 1.02. The predicted octanol–water partition coefficient (Wildman–Crippen LogP) is 2.01. The smallest absolute Gasteiger partial charge is 0.226 e. The SMILES string of the molecule is CNC1CCN(C(=O)CCOc2cccc(C)c2)C1.Cl. The van der Waals surface area contributed by atoms with Crippen LogP contribution in [0.25, 0.3) is 0 Å². The van der Waals surface area contributed by atoms with Crippen molar-refractivity contribution in [2.24, 2.45) is 0 Å². The first-order valence-corrected chi connectivity index (χ1v) is 6.83. The normalized spacial score (nSPS) is 17.7. The van der Waals surface area contributed by atoms with E-state index in [9.17, 15) is 4.79 Å². The van der Waals surface area contributed by atoms with Gasteiger partial charge in [0.1, 0.15) is 5.75 Å². The summed E-state index contributed by atoms with van der Waals surface area (Å²) in [5.41, 5.74) is 1.17. The van der Waals surface area contributed by atoms with E-state index in [4.69, 9.17) is 4.74 Å². The van der Waals surface area contributed by atoms with Crippen molar-refractivity contribution < 1.29 is 9.53 Å². The van der Waals surface area contributed by atoms with Crippen LogP contribution >= 0.6 is 12.4 Å². The minimum absolute atomic E-state index is 0. The maximum Gasteiger partial charge on any atom is 0.226 e. The maximum atomic E-state index is 12.0. The van der Waals surface area contributed by atoms with Crippen LogP contribution in [0.15, 0.2) is 24.3 Å². The average Bonchev–Trinajstić information content (AvgIpc) is 2.87. The number of hydrogen-bond acceptors (Lipinski definition) is 3. The molecule has 1 heterocycles. The second-order valence-corrected chi connectivity index (χ2v) is 5.03. The Morgan fingerprint density at radius 1 is 1.50 bits per heavy atom. The molecule has 5 heteroatoms. The van der Waals surface area contributed by atoms with Crippen LogP contribution in [0.3, 0.4) is 0 Å². The number of nitrogens with zero attached hydrogens (tertiary/aromatic N) is 1. The summed E-state index contributed by atoms with van der Waals surface area (Å²) in [6, 6.07) is 8.34. The van der Waals surface area contributed by atoms with Gasteiger partial charge in [0.25, 0.3) is 0 Å². The van der Waals surface area contributed by atoms with E-state index in [1.165, 1.54) is 5.56 Å². The Kier molecular flexibility index (Phi) is 6.82. The van der Waals surface area contributed by atoms with Crippen LogP contribution in [0.2, 0.25) is 0 Å². The molecule has 1 aliphatic rings. The highest BCUT2D eigenvalue weighted by Crippen LogP contribution is 2.14. The summed E-state index contributed by atoms with van der Waals surface area (Å²) in [7, 11) is 1.94. The van der Waals surface area contributed by atoms with Gasteiger partial charge in [0.2, 0.25) is 5.91 Å². The molecule has 1 N–H and O–H groups in total. The zero-order chi connectivity index (χ0) is 13.7. The molecule has 1 aliphatic heterocycles. The highest BCUT2D eigenvalue weighted by molar-refractivity contribution is 5.85. The fraction of sp³-hybridized carbons (Fsp3) is 0.533.